The normalized spacial score (nSPS) is 14.2. The van der Waals surface area contributed by atoms with Gasteiger partial charge in [0, 0.05) is 18.5 Å². The lowest BCUT2D eigenvalue weighted by Gasteiger charge is -2.30. The van der Waals surface area contributed by atoms with Crippen LogP contribution in [0.2, 0.25) is 0 Å². The van der Waals surface area contributed by atoms with Crippen molar-refractivity contribution in [2.75, 3.05) is 21.3 Å². The fourth-order valence-electron chi connectivity index (χ4n) is 3.79. The van der Waals surface area contributed by atoms with Crippen molar-refractivity contribution in [1.82, 2.24) is 15.0 Å². The summed E-state index contributed by atoms with van der Waals surface area (Å²) in [4.78, 5) is 25.4. The molecule has 0 unspecified atom stereocenters. The highest BCUT2D eigenvalue weighted by atomic mass is 19.1. The predicted molar refractivity (Wildman–Crippen MR) is 121 cm³/mol. The van der Waals surface area contributed by atoms with Gasteiger partial charge in [-0.05, 0) is 43.7 Å². The van der Waals surface area contributed by atoms with Crippen LogP contribution in [0.5, 0.6) is 23.0 Å². The second-order valence-corrected chi connectivity index (χ2v) is 8.43. The quantitative estimate of drug-likeness (QED) is 0.521. The van der Waals surface area contributed by atoms with Crippen molar-refractivity contribution >= 4 is 5.78 Å². The first-order valence-electron chi connectivity index (χ1n) is 10.7. The van der Waals surface area contributed by atoms with Gasteiger partial charge in [0.2, 0.25) is 5.75 Å². The first kappa shape index (κ1) is 23.4. The maximum atomic E-state index is 14.5. The third kappa shape index (κ3) is 4.64. The number of halogens is 1. The Balaban J connectivity index is 1.58. The number of ether oxygens (including phenoxy) is 4. The minimum atomic E-state index is -0.878. The summed E-state index contributed by atoms with van der Waals surface area (Å²) in [6.45, 7) is 3.47. The van der Waals surface area contributed by atoms with Gasteiger partial charge in [0.15, 0.2) is 28.7 Å². The van der Waals surface area contributed by atoms with Crippen LogP contribution in [0.3, 0.4) is 0 Å². The molecule has 0 N–H and O–H groups in total. The van der Waals surface area contributed by atoms with Crippen LogP contribution in [-0.4, -0.2) is 47.7 Å². The number of methoxy groups -OCH3 is 3. The average molecular weight is 467 g/mol. The van der Waals surface area contributed by atoms with E-state index in [-0.39, 0.29) is 24.3 Å². The van der Waals surface area contributed by atoms with E-state index in [1.54, 1.807) is 52.3 Å². The maximum Gasteiger partial charge on any atom is 0.203 e. The molecule has 0 aliphatic carbocycles. The van der Waals surface area contributed by atoms with E-state index in [1.807, 2.05) is 0 Å². The Kier molecular flexibility index (Phi) is 6.37. The minimum absolute atomic E-state index is 0.0505. The number of carbonyl (C=O) groups is 1. The van der Waals surface area contributed by atoms with Gasteiger partial charge in [-0.2, -0.15) is 0 Å². The fourth-order valence-corrected chi connectivity index (χ4v) is 3.79. The number of rotatable bonds is 7. The van der Waals surface area contributed by atoms with E-state index in [2.05, 4.69) is 15.0 Å². The van der Waals surface area contributed by atoms with E-state index in [4.69, 9.17) is 18.9 Å². The Morgan fingerprint density at radius 2 is 1.74 bits per heavy atom. The highest BCUT2D eigenvalue weighted by Crippen LogP contribution is 2.38. The molecule has 0 bridgehead atoms. The first-order valence-corrected chi connectivity index (χ1v) is 10.7. The van der Waals surface area contributed by atoms with E-state index in [0.717, 1.165) is 11.8 Å². The lowest BCUT2D eigenvalue weighted by molar-refractivity contribution is -0.132. The summed E-state index contributed by atoms with van der Waals surface area (Å²) < 4.78 is 36.5. The van der Waals surface area contributed by atoms with Crippen molar-refractivity contribution in [1.29, 1.82) is 0 Å². The molecule has 0 spiro atoms. The Morgan fingerprint density at radius 1 is 1.03 bits per heavy atom. The molecular weight excluding hydrogens is 441 g/mol. The van der Waals surface area contributed by atoms with Crippen LogP contribution in [0, 0.1) is 5.82 Å². The summed E-state index contributed by atoms with van der Waals surface area (Å²) in [7, 11) is 4.62. The third-order valence-corrected chi connectivity index (χ3v) is 5.66. The molecule has 3 aromatic rings. The zero-order chi connectivity index (χ0) is 24.5. The smallest absolute Gasteiger partial charge is 0.203 e. The second kappa shape index (κ2) is 9.24. The lowest BCUT2D eigenvalue weighted by Crippen LogP contribution is -2.43. The molecule has 2 aromatic heterocycles. The molecule has 0 amide bonds. The van der Waals surface area contributed by atoms with Gasteiger partial charge in [0.1, 0.15) is 11.6 Å². The number of fused-ring (bicyclic) bond motifs is 1. The number of ketones is 1. The zero-order valence-corrected chi connectivity index (χ0v) is 19.8. The number of aromatic nitrogens is 3. The summed E-state index contributed by atoms with van der Waals surface area (Å²) >= 11 is 0. The Morgan fingerprint density at radius 3 is 2.38 bits per heavy atom. The summed E-state index contributed by atoms with van der Waals surface area (Å²) in [5.41, 5.74) is 1.29. The van der Waals surface area contributed by atoms with Crippen molar-refractivity contribution in [2.24, 2.45) is 0 Å². The number of nitrogens with zero attached hydrogens (tertiary/aromatic N) is 3. The van der Waals surface area contributed by atoms with Gasteiger partial charge in [0.05, 0.1) is 45.3 Å². The monoisotopic (exact) mass is 467 g/mol. The minimum Gasteiger partial charge on any atom is -0.493 e. The molecule has 0 fully saturated rings. The Labute approximate surface area is 197 Å². The molecule has 0 atom stereocenters. The van der Waals surface area contributed by atoms with E-state index < -0.39 is 11.4 Å². The molecule has 34 heavy (non-hydrogen) atoms. The van der Waals surface area contributed by atoms with Crippen LogP contribution < -0.4 is 18.9 Å². The highest BCUT2D eigenvalue weighted by molar-refractivity contribution is 5.90. The first-order chi connectivity index (χ1) is 16.2. The van der Waals surface area contributed by atoms with E-state index in [9.17, 15) is 9.18 Å². The van der Waals surface area contributed by atoms with E-state index in [1.165, 1.54) is 7.11 Å². The number of hydrogen-bond acceptors (Lipinski definition) is 8. The van der Waals surface area contributed by atoms with Crippen molar-refractivity contribution < 1.29 is 28.1 Å². The zero-order valence-electron chi connectivity index (χ0n) is 19.8. The maximum absolute atomic E-state index is 14.5. The van der Waals surface area contributed by atoms with Gasteiger partial charge in [-0.15, -0.1) is 0 Å². The number of hydrogen-bond donors (Lipinski definition) is 0. The molecule has 178 valence electrons. The van der Waals surface area contributed by atoms with Gasteiger partial charge in [-0.3, -0.25) is 9.78 Å². The Bertz CT molecular complexity index is 1220. The average Bonchev–Trinajstić information content (AvgIpc) is 2.81. The van der Waals surface area contributed by atoms with Gasteiger partial charge >= 0.3 is 0 Å². The van der Waals surface area contributed by atoms with Crippen LogP contribution in [0.4, 0.5) is 4.39 Å². The molecule has 1 aliphatic heterocycles. The van der Waals surface area contributed by atoms with Crippen LogP contribution in [0.1, 0.15) is 42.3 Å². The SMILES string of the molecule is COc1cc(Cc2ncc(F)c(Cc3ccc4c(n3)CC(=O)C(C)(C)O4)n2)cc(OC)c1OC. The number of carbonyl (C=O) groups excluding carboxylic acids is 1. The molecule has 3 heterocycles. The summed E-state index contributed by atoms with van der Waals surface area (Å²) in [5.74, 6) is 1.93. The van der Waals surface area contributed by atoms with Gasteiger partial charge in [-0.25, -0.2) is 14.4 Å². The predicted octanol–water partition coefficient (Wildman–Crippen LogP) is 3.50. The van der Waals surface area contributed by atoms with E-state index in [0.29, 0.717) is 46.6 Å². The molecule has 8 nitrogen and oxygen atoms in total. The van der Waals surface area contributed by atoms with E-state index >= 15 is 0 Å². The highest BCUT2D eigenvalue weighted by Gasteiger charge is 2.36. The third-order valence-electron chi connectivity index (χ3n) is 5.66. The fraction of sp³-hybridized carbons (Fsp3) is 0.360. The van der Waals surface area contributed by atoms with Crippen LogP contribution in [-0.2, 0) is 24.1 Å². The molecule has 1 aliphatic rings. The summed E-state index contributed by atoms with van der Waals surface area (Å²) in [5, 5.41) is 0. The number of Topliss-reactive ketones (excluding diaryl/α,β-unsaturated/α-hetero) is 1. The number of pyridine rings is 1. The number of benzene rings is 1. The summed E-state index contributed by atoms with van der Waals surface area (Å²) in [6.07, 6.45) is 1.82. The van der Waals surface area contributed by atoms with Gasteiger partial charge in [0.25, 0.3) is 0 Å². The molecule has 0 saturated heterocycles. The van der Waals surface area contributed by atoms with Crippen molar-refractivity contribution in [2.45, 2.75) is 38.7 Å². The van der Waals surface area contributed by atoms with Crippen LogP contribution >= 0.6 is 0 Å². The molecule has 0 radical (unpaired) electrons. The topological polar surface area (TPSA) is 92.7 Å². The van der Waals surface area contributed by atoms with Gasteiger partial charge in [-0.1, -0.05) is 0 Å². The largest absolute Gasteiger partial charge is 0.493 e. The van der Waals surface area contributed by atoms with Crippen LogP contribution in [0.25, 0.3) is 0 Å². The molecule has 4 rings (SSSR count). The lowest BCUT2D eigenvalue weighted by atomic mass is 9.95. The molecule has 0 saturated carbocycles. The van der Waals surface area contributed by atoms with Crippen LogP contribution in [0.15, 0.2) is 30.5 Å². The standard InChI is InChI=1S/C25H26FN3O5/c1-25(2)22(30)12-18-19(34-25)7-6-15(28-18)11-17-16(26)13-27-23(29-17)10-14-8-20(31-3)24(33-5)21(9-14)32-4/h6-9,13H,10-12H2,1-5H3. The molecule has 1 aromatic carbocycles. The summed E-state index contributed by atoms with van der Waals surface area (Å²) in [6, 6.07) is 7.13. The van der Waals surface area contributed by atoms with Gasteiger partial charge < -0.3 is 18.9 Å². The Hall–Kier alpha value is -3.75. The second-order valence-electron chi connectivity index (χ2n) is 8.43. The van der Waals surface area contributed by atoms with Crippen molar-refractivity contribution in [3.05, 3.63) is 64.7 Å². The van der Waals surface area contributed by atoms with Crippen molar-refractivity contribution in [3.63, 3.8) is 0 Å². The van der Waals surface area contributed by atoms with Crippen molar-refractivity contribution in [3.8, 4) is 23.0 Å². The molecule has 9 heteroatoms. The molecular formula is C25H26FN3O5.